The molecule has 1 heterocycles. The molecular formula is C19H19FN4O2. The van der Waals surface area contributed by atoms with Gasteiger partial charge in [-0.1, -0.05) is 30.3 Å². The summed E-state index contributed by atoms with van der Waals surface area (Å²) in [6.07, 6.45) is 0.481. The highest BCUT2D eigenvalue weighted by Gasteiger charge is 2.21. The lowest BCUT2D eigenvalue weighted by Crippen LogP contribution is -2.28. The molecule has 6 nitrogen and oxygen atoms in total. The van der Waals surface area contributed by atoms with E-state index in [2.05, 4.69) is 15.5 Å². The predicted molar refractivity (Wildman–Crippen MR) is 94.3 cm³/mol. The van der Waals surface area contributed by atoms with Gasteiger partial charge in [-0.05, 0) is 29.3 Å². The molecule has 26 heavy (non-hydrogen) atoms. The maximum Gasteiger partial charge on any atom is 0.247 e. The van der Waals surface area contributed by atoms with Gasteiger partial charge in [-0.25, -0.2) is 4.39 Å². The van der Waals surface area contributed by atoms with Crippen LogP contribution in [0.15, 0.2) is 52.9 Å². The first kappa shape index (κ1) is 17.8. The van der Waals surface area contributed by atoms with Gasteiger partial charge in [0.1, 0.15) is 11.9 Å². The molecule has 134 valence electrons. The minimum atomic E-state index is -0.481. The Hall–Kier alpha value is -3.06. The number of nitrogens with one attached hydrogen (secondary N) is 1. The number of rotatable bonds is 6. The third-order valence-electron chi connectivity index (χ3n) is 3.89. The molecule has 0 bridgehead atoms. The second-order valence-corrected chi connectivity index (χ2v) is 5.93. The Labute approximate surface area is 150 Å². The van der Waals surface area contributed by atoms with E-state index in [1.54, 1.807) is 12.1 Å². The van der Waals surface area contributed by atoms with Crippen LogP contribution in [0, 0.1) is 5.82 Å². The van der Waals surface area contributed by atoms with Crippen molar-refractivity contribution in [2.24, 2.45) is 5.73 Å². The van der Waals surface area contributed by atoms with Gasteiger partial charge < -0.3 is 15.5 Å². The molecular weight excluding hydrogens is 335 g/mol. The molecule has 2 aromatic carbocycles. The Morgan fingerprint density at radius 2 is 1.92 bits per heavy atom. The van der Waals surface area contributed by atoms with Gasteiger partial charge in [0.25, 0.3) is 0 Å². The van der Waals surface area contributed by atoms with E-state index in [1.807, 2.05) is 24.3 Å². The molecule has 3 rings (SSSR count). The number of aromatic nitrogens is 2. The van der Waals surface area contributed by atoms with Crippen LogP contribution in [0.5, 0.6) is 0 Å². The van der Waals surface area contributed by atoms with E-state index in [0.717, 1.165) is 11.1 Å². The monoisotopic (exact) mass is 354 g/mol. The summed E-state index contributed by atoms with van der Waals surface area (Å²) in [7, 11) is 0. The summed E-state index contributed by atoms with van der Waals surface area (Å²) in [5.41, 5.74) is 8.11. The molecule has 0 saturated carbocycles. The van der Waals surface area contributed by atoms with E-state index in [9.17, 15) is 9.18 Å². The van der Waals surface area contributed by atoms with Crippen LogP contribution in [0.25, 0.3) is 11.5 Å². The van der Waals surface area contributed by atoms with E-state index in [1.165, 1.54) is 19.1 Å². The first-order valence-electron chi connectivity index (χ1n) is 8.19. The Kier molecular flexibility index (Phi) is 5.38. The molecule has 0 aliphatic carbocycles. The first-order valence-corrected chi connectivity index (χ1v) is 8.19. The lowest BCUT2D eigenvalue weighted by atomic mass is 10.0. The highest BCUT2D eigenvalue weighted by atomic mass is 19.1. The van der Waals surface area contributed by atoms with Crippen molar-refractivity contribution in [3.05, 3.63) is 71.4 Å². The molecule has 0 unspecified atom stereocenters. The van der Waals surface area contributed by atoms with Crippen molar-refractivity contribution in [1.82, 2.24) is 15.5 Å². The van der Waals surface area contributed by atoms with Crippen molar-refractivity contribution < 1.29 is 13.6 Å². The van der Waals surface area contributed by atoms with Gasteiger partial charge in [0.15, 0.2) is 0 Å². The van der Waals surface area contributed by atoms with Gasteiger partial charge in [-0.3, -0.25) is 4.79 Å². The summed E-state index contributed by atoms with van der Waals surface area (Å²) < 4.78 is 19.1. The van der Waals surface area contributed by atoms with Crippen LogP contribution in [0.4, 0.5) is 4.39 Å². The van der Waals surface area contributed by atoms with Crippen molar-refractivity contribution in [1.29, 1.82) is 0 Å². The second-order valence-electron chi connectivity index (χ2n) is 5.93. The quantitative estimate of drug-likeness (QED) is 0.710. The van der Waals surface area contributed by atoms with E-state index >= 15 is 0 Å². The zero-order chi connectivity index (χ0) is 18.5. The zero-order valence-corrected chi connectivity index (χ0v) is 14.3. The van der Waals surface area contributed by atoms with E-state index in [-0.39, 0.29) is 23.5 Å². The van der Waals surface area contributed by atoms with E-state index in [4.69, 9.17) is 10.2 Å². The van der Waals surface area contributed by atoms with Crippen molar-refractivity contribution in [2.45, 2.75) is 25.9 Å². The molecule has 7 heteroatoms. The van der Waals surface area contributed by atoms with Gasteiger partial charge in [0.2, 0.25) is 17.7 Å². The topological polar surface area (TPSA) is 94.0 Å². The number of amides is 1. The number of hydrogen-bond donors (Lipinski definition) is 2. The summed E-state index contributed by atoms with van der Waals surface area (Å²) in [6.45, 7) is 1.89. The zero-order valence-electron chi connectivity index (χ0n) is 14.3. The summed E-state index contributed by atoms with van der Waals surface area (Å²) >= 11 is 0. The summed E-state index contributed by atoms with van der Waals surface area (Å²) in [5, 5.41) is 10.8. The minimum Gasteiger partial charge on any atom is -0.418 e. The number of carbonyl (C=O) groups is 1. The van der Waals surface area contributed by atoms with Crippen molar-refractivity contribution >= 4 is 5.91 Å². The summed E-state index contributed by atoms with van der Waals surface area (Å²) in [4.78, 5) is 11.6. The van der Waals surface area contributed by atoms with Gasteiger partial charge in [0, 0.05) is 25.5 Å². The fourth-order valence-electron chi connectivity index (χ4n) is 2.61. The molecule has 0 fully saturated rings. The van der Waals surface area contributed by atoms with Crippen LogP contribution < -0.4 is 11.1 Å². The number of halogens is 1. The lowest BCUT2D eigenvalue weighted by molar-refractivity contribution is -0.119. The summed E-state index contributed by atoms with van der Waals surface area (Å²) in [5.74, 6) is -0.129. The minimum absolute atomic E-state index is 0.202. The summed E-state index contributed by atoms with van der Waals surface area (Å²) in [6, 6.07) is 13.2. The molecule has 1 aromatic heterocycles. The normalized spacial score (nSPS) is 12.0. The fourth-order valence-corrected chi connectivity index (χ4v) is 2.61. The Bertz CT molecular complexity index is 893. The van der Waals surface area contributed by atoms with Crippen LogP contribution in [0.3, 0.4) is 0 Å². The van der Waals surface area contributed by atoms with Crippen molar-refractivity contribution in [2.75, 3.05) is 0 Å². The van der Waals surface area contributed by atoms with Crippen LogP contribution in [0.1, 0.15) is 30.0 Å². The van der Waals surface area contributed by atoms with Crippen LogP contribution in [-0.4, -0.2) is 16.1 Å². The van der Waals surface area contributed by atoms with Crippen molar-refractivity contribution in [3.63, 3.8) is 0 Å². The Balaban J connectivity index is 1.84. The van der Waals surface area contributed by atoms with Crippen LogP contribution in [0.2, 0.25) is 0 Å². The molecule has 1 amide bonds. The van der Waals surface area contributed by atoms with Gasteiger partial charge in [-0.2, -0.15) is 0 Å². The molecule has 3 aromatic rings. The number of benzene rings is 2. The Morgan fingerprint density at radius 1 is 1.19 bits per heavy atom. The van der Waals surface area contributed by atoms with E-state index < -0.39 is 6.04 Å². The maximum atomic E-state index is 13.4. The van der Waals surface area contributed by atoms with Crippen LogP contribution in [-0.2, 0) is 17.8 Å². The van der Waals surface area contributed by atoms with Gasteiger partial charge in [0.05, 0.1) is 0 Å². The standard InChI is InChI=1S/C19H19FN4O2/c1-12(25)22-17(9-13-5-7-14(11-21)8-6-13)19-24-23-18(26-19)15-3-2-4-16(20)10-15/h2-8,10,17H,9,11,21H2,1H3,(H,22,25)/t17-/m0/s1. The van der Waals surface area contributed by atoms with Gasteiger partial charge >= 0.3 is 0 Å². The second kappa shape index (κ2) is 7.88. The smallest absolute Gasteiger partial charge is 0.247 e. The van der Waals surface area contributed by atoms with E-state index in [0.29, 0.717) is 18.5 Å². The molecule has 0 spiro atoms. The third kappa shape index (κ3) is 4.31. The van der Waals surface area contributed by atoms with Crippen LogP contribution >= 0.6 is 0 Å². The molecule has 1 atom stereocenters. The molecule has 0 aliphatic rings. The number of carbonyl (C=O) groups excluding carboxylic acids is 1. The van der Waals surface area contributed by atoms with Gasteiger partial charge in [-0.15, -0.1) is 10.2 Å². The first-order chi connectivity index (χ1) is 12.5. The average Bonchev–Trinajstić information content (AvgIpc) is 3.11. The molecule has 3 N–H and O–H groups in total. The maximum absolute atomic E-state index is 13.4. The largest absolute Gasteiger partial charge is 0.418 e. The highest BCUT2D eigenvalue weighted by molar-refractivity contribution is 5.73. The SMILES string of the molecule is CC(=O)N[C@@H](Cc1ccc(CN)cc1)c1nnc(-c2cccc(F)c2)o1. The fraction of sp³-hybridized carbons (Fsp3) is 0.211. The average molecular weight is 354 g/mol. The molecule has 0 saturated heterocycles. The van der Waals surface area contributed by atoms with Crippen molar-refractivity contribution in [3.8, 4) is 11.5 Å². The number of nitrogens with two attached hydrogens (primary N) is 1. The highest BCUT2D eigenvalue weighted by Crippen LogP contribution is 2.23. The molecule has 0 radical (unpaired) electrons. The molecule has 0 aliphatic heterocycles. The Morgan fingerprint density at radius 3 is 2.58 bits per heavy atom. The number of hydrogen-bond acceptors (Lipinski definition) is 5. The lowest BCUT2D eigenvalue weighted by Gasteiger charge is -2.14. The number of nitrogens with zero attached hydrogens (tertiary/aromatic N) is 2. The third-order valence-corrected chi connectivity index (χ3v) is 3.89. The predicted octanol–water partition coefficient (Wildman–Crippen LogP) is 2.75.